The van der Waals surface area contributed by atoms with Crippen LogP contribution in [0.2, 0.25) is 0 Å². The van der Waals surface area contributed by atoms with E-state index >= 15 is 0 Å². The molecular weight excluding hydrogens is 428 g/mol. The number of carbonyl (C=O) groups excluding carboxylic acids is 1. The molecule has 1 aliphatic heterocycles. The first-order chi connectivity index (χ1) is 15.5. The molecular formula is C23H26N4O4S. The Morgan fingerprint density at radius 3 is 2.72 bits per heavy atom. The molecule has 8 nitrogen and oxygen atoms in total. The van der Waals surface area contributed by atoms with Crippen LogP contribution in [0.15, 0.2) is 60.0 Å². The average Bonchev–Trinajstić information content (AvgIpc) is 3.22. The third kappa shape index (κ3) is 5.55. The SMILES string of the molecule is CC(=O)Nc1cccc([C@H]2O[C@@H](CSc3nncn3C)C[C@@H](c3ccc(CO)cc3)O2)c1. The van der Waals surface area contributed by atoms with Crippen molar-refractivity contribution >= 4 is 23.4 Å². The molecule has 1 aliphatic rings. The Hall–Kier alpha value is -2.72. The van der Waals surface area contributed by atoms with Gasteiger partial charge in [0, 0.05) is 37.4 Å². The molecule has 2 aromatic carbocycles. The zero-order valence-corrected chi connectivity index (χ0v) is 18.8. The number of rotatable bonds is 7. The molecule has 0 bridgehead atoms. The molecule has 0 aliphatic carbocycles. The van der Waals surface area contributed by atoms with Crippen LogP contribution in [0.4, 0.5) is 5.69 Å². The van der Waals surface area contributed by atoms with Gasteiger partial charge in [-0.3, -0.25) is 4.79 Å². The summed E-state index contributed by atoms with van der Waals surface area (Å²) in [6, 6.07) is 15.3. The van der Waals surface area contributed by atoms with Gasteiger partial charge in [-0.25, -0.2) is 0 Å². The van der Waals surface area contributed by atoms with Gasteiger partial charge in [-0.2, -0.15) is 0 Å². The summed E-state index contributed by atoms with van der Waals surface area (Å²) >= 11 is 1.59. The van der Waals surface area contributed by atoms with Crippen molar-refractivity contribution in [2.24, 2.45) is 7.05 Å². The van der Waals surface area contributed by atoms with E-state index in [1.165, 1.54) is 6.92 Å². The Balaban J connectivity index is 1.55. The van der Waals surface area contributed by atoms with Crippen LogP contribution in [-0.2, 0) is 27.9 Å². The zero-order chi connectivity index (χ0) is 22.5. The van der Waals surface area contributed by atoms with Crippen LogP contribution in [-0.4, -0.2) is 37.6 Å². The van der Waals surface area contributed by atoms with Gasteiger partial charge in [0.2, 0.25) is 5.91 Å². The van der Waals surface area contributed by atoms with Gasteiger partial charge in [0.25, 0.3) is 0 Å². The average molecular weight is 455 g/mol. The molecule has 4 rings (SSSR count). The van der Waals surface area contributed by atoms with Crippen molar-refractivity contribution in [3.63, 3.8) is 0 Å². The maximum absolute atomic E-state index is 11.5. The van der Waals surface area contributed by atoms with Gasteiger partial charge >= 0.3 is 0 Å². The molecule has 3 aromatic rings. The van der Waals surface area contributed by atoms with E-state index in [2.05, 4.69) is 15.5 Å². The van der Waals surface area contributed by atoms with Gasteiger partial charge in [0.05, 0.1) is 18.8 Å². The van der Waals surface area contributed by atoms with Gasteiger partial charge in [-0.15, -0.1) is 10.2 Å². The number of aliphatic hydroxyl groups excluding tert-OH is 1. The van der Waals surface area contributed by atoms with Crippen LogP contribution < -0.4 is 5.32 Å². The van der Waals surface area contributed by atoms with E-state index in [-0.39, 0.29) is 24.7 Å². The van der Waals surface area contributed by atoms with Gasteiger partial charge in [0.1, 0.15) is 6.33 Å². The van der Waals surface area contributed by atoms with Crippen molar-refractivity contribution in [3.8, 4) is 0 Å². The highest BCUT2D eigenvalue weighted by Crippen LogP contribution is 2.39. The van der Waals surface area contributed by atoms with Crippen molar-refractivity contribution in [3.05, 3.63) is 71.5 Å². The number of hydrogen-bond acceptors (Lipinski definition) is 7. The number of hydrogen-bond donors (Lipinski definition) is 2. The highest BCUT2D eigenvalue weighted by molar-refractivity contribution is 7.99. The number of aromatic nitrogens is 3. The maximum Gasteiger partial charge on any atom is 0.221 e. The molecule has 1 amide bonds. The summed E-state index contributed by atoms with van der Waals surface area (Å²) in [5.41, 5.74) is 3.42. The summed E-state index contributed by atoms with van der Waals surface area (Å²) in [6.45, 7) is 1.48. The van der Waals surface area contributed by atoms with Crippen molar-refractivity contribution in [1.29, 1.82) is 0 Å². The Morgan fingerprint density at radius 1 is 1.22 bits per heavy atom. The van der Waals surface area contributed by atoms with E-state index in [9.17, 15) is 9.90 Å². The molecule has 3 atom stereocenters. The largest absolute Gasteiger partial charge is 0.392 e. The second kappa shape index (κ2) is 10.3. The predicted octanol–water partition coefficient (Wildman–Crippen LogP) is 3.60. The number of amides is 1. The second-order valence-corrected chi connectivity index (χ2v) is 8.68. The first-order valence-electron chi connectivity index (χ1n) is 10.4. The van der Waals surface area contributed by atoms with Crippen molar-refractivity contribution in [1.82, 2.24) is 14.8 Å². The first-order valence-corrected chi connectivity index (χ1v) is 11.4. The van der Waals surface area contributed by atoms with Crippen LogP contribution in [0.25, 0.3) is 0 Å². The Bertz CT molecular complexity index is 1060. The minimum Gasteiger partial charge on any atom is -0.392 e. The fourth-order valence-corrected chi connectivity index (χ4v) is 4.47. The minimum atomic E-state index is -0.579. The van der Waals surface area contributed by atoms with E-state index in [0.717, 1.165) is 21.8 Å². The molecule has 0 spiro atoms. The Labute approximate surface area is 191 Å². The summed E-state index contributed by atoms with van der Waals surface area (Å²) in [4.78, 5) is 11.5. The molecule has 1 aromatic heterocycles. The van der Waals surface area contributed by atoms with Crippen molar-refractivity contribution in [2.75, 3.05) is 11.1 Å². The molecule has 1 fully saturated rings. The van der Waals surface area contributed by atoms with Crippen LogP contribution in [0.5, 0.6) is 0 Å². The predicted molar refractivity (Wildman–Crippen MR) is 121 cm³/mol. The van der Waals surface area contributed by atoms with E-state index in [4.69, 9.17) is 9.47 Å². The third-order valence-electron chi connectivity index (χ3n) is 5.16. The highest BCUT2D eigenvalue weighted by atomic mass is 32.2. The van der Waals surface area contributed by atoms with Crippen molar-refractivity contribution < 1.29 is 19.4 Å². The van der Waals surface area contributed by atoms with E-state index < -0.39 is 6.29 Å². The maximum atomic E-state index is 11.5. The zero-order valence-electron chi connectivity index (χ0n) is 18.0. The molecule has 168 valence electrons. The summed E-state index contributed by atoms with van der Waals surface area (Å²) < 4.78 is 14.5. The molecule has 32 heavy (non-hydrogen) atoms. The van der Waals surface area contributed by atoms with Crippen LogP contribution in [0.1, 0.15) is 42.4 Å². The molecule has 9 heteroatoms. The summed E-state index contributed by atoms with van der Waals surface area (Å²) in [6.07, 6.45) is 1.53. The topological polar surface area (TPSA) is 98.5 Å². The summed E-state index contributed by atoms with van der Waals surface area (Å²) in [5.74, 6) is 0.565. The van der Waals surface area contributed by atoms with Gasteiger partial charge < -0.3 is 24.5 Å². The summed E-state index contributed by atoms with van der Waals surface area (Å²) in [5, 5.41) is 21.0. The number of thioether (sulfide) groups is 1. The summed E-state index contributed by atoms with van der Waals surface area (Å²) in [7, 11) is 1.91. The Kier molecular flexibility index (Phi) is 7.21. The molecule has 0 radical (unpaired) electrons. The number of anilines is 1. The van der Waals surface area contributed by atoms with E-state index in [1.54, 1.807) is 18.1 Å². The smallest absolute Gasteiger partial charge is 0.221 e. The van der Waals surface area contributed by atoms with Crippen molar-refractivity contribution in [2.45, 2.75) is 43.6 Å². The van der Waals surface area contributed by atoms with Gasteiger partial charge in [-0.05, 0) is 23.3 Å². The molecule has 2 heterocycles. The van der Waals surface area contributed by atoms with Gasteiger partial charge in [-0.1, -0.05) is 48.2 Å². The van der Waals surface area contributed by atoms with Crippen LogP contribution >= 0.6 is 11.8 Å². The van der Waals surface area contributed by atoms with E-state index in [1.807, 2.05) is 60.1 Å². The Morgan fingerprint density at radius 2 is 2.03 bits per heavy atom. The lowest BCUT2D eigenvalue weighted by Gasteiger charge is -2.36. The van der Waals surface area contributed by atoms with Crippen LogP contribution in [0, 0.1) is 0 Å². The van der Waals surface area contributed by atoms with Gasteiger partial charge in [0.15, 0.2) is 11.4 Å². The highest BCUT2D eigenvalue weighted by Gasteiger charge is 2.32. The number of ether oxygens (including phenoxy) is 2. The number of benzene rings is 2. The second-order valence-electron chi connectivity index (χ2n) is 7.69. The molecule has 2 N–H and O–H groups in total. The monoisotopic (exact) mass is 454 g/mol. The lowest BCUT2D eigenvalue weighted by atomic mass is 10.0. The fourth-order valence-electron chi connectivity index (χ4n) is 3.56. The fraction of sp³-hybridized carbons (Fsp3) is 0.348. The van der Waals surface area contributed by atoms with Crippen LogP contribution in [0.3, 0.4) is 0 Å². The molecule has 0 unspecified atom stereocenters. The minimum absolute atomic E-state index is 0.00441. The number of nitrogens with one attached hydrogen (secondary N) is 1. The molecule has 0 saturated carbocycles. The molecule has 1 saturated heterocycles. The standard InChI is InChI=1S/C23H26N4O4S/c1-15(29)25-19-5-3-4-18(10-19)22-30-20(13-32-23-26-24-14-27(23)2)11-21(31-22)17-8-6-16(12-28)7-9-17/h3-10,14,20-22,28H,11-13H2,1-2H3,(H,25,29)/t20-,21+,22+/m1/s1. The number of aryl methyl sites for hydroxylation is 1. The van der Waals surface area contributed by atoms with E-state index in [0.29, 0.717) is 17.9 Å². The lowest BCUT2D eigenvalue weighted by molar-refractivity contribution is -0.245. The third-order valence-corrected chi connectivity index (χ3v) is 6.33. The lowest BCUT2D eigenvalue weighted by Crippen LogP contribution is -2.31. The quantitative estimate of drug-likeness (QED) is 0.526. The number of carbonyl (C=O) groups is 1. The first kappa shape index (κ1) is 22.5. The number of nitrogens with zero attached hydrogens (tertiary/aromatic N) is 3. The normalized spacial score (nSPS) is 20.8. The number of aliphatic hydroxyl groups is 1.